The quantitative estimate of drug-likeness (QED) is 0.203. The van der Waals surface area contributed by atoms with Gasteiger partial charge in [-0.15, -0.1) is 0 Å². The van der Waals surface area contributed by atoms with Crippen LogP contribution in [0.15, 0.2) is 84.9 Å². The van der Waals surface area contributed by atoms with Gasteiger partial charge in [-0.05, 0) is 105 Å². The first-order valence-electron chi connectivity index (χ1n) is 17.1. The van der Waals surface area contributed by atoms with Crippen LogP contribution >= 0.6 is 11.6 Å². The maximum Gasteiger partial charge on any atom is 0.320 e. The molecule has 10 nitrogen and oxygen atoms in total. The van der Waals surface area contributed by atoms with Crippen LogP contribution in [-0.4, -0.2) is 79.9 Å². The molecule has 4 aromatic rings. The number of ether oxygens (including phenoxy) is 2. The predicted molar refractivity (Wildman–Crippen MR) is 197 cm³/mol. The number of nitrogens with zero attached hydrogens (tertiary/aromatic N) is 3. The van der Waals surface area contributed by atoms with E-state index >= 15 is 0 Å². The van der Waals surface area contributed by atoms with Crippen molar-refractivity contribution in [2.75, 3.05) is 56.6 Å². The van der Waals surface area contributed by atoms with Gasteiger partial charge < -0.3 is 24.6 Å². The van der Waals surface area contributed by atoms with E-state index in [4.69, 9.17) is 21.1 Å². The van der Waals surface area contributed by atoms with Crippen molar-refractivity contribution >= 4 is 46.7 Å². The lowest BCUT2D eigenvalue weighted by molar-refractivity contribution is -0.151. The number of benzene rings is 4. The van der Waals surface area contributed by atoms with Crippen LogP contribution in [0, 0.1) is 13.8 Å². The number of hydrogen-bond acceptors (Lipinski definition) is 7. The molecule has 4 aromatic carbocycles. The average Bonchev–Trinajstić information content (AvgIpc) is 3.30. The van der Waals surface area contributed by atoms with E-state index in [1.54, 1.807) is 83.6 Å². The Morgan fingerprint density at radius 1 is 0.804 bits per heavy atom. The van der Waals surface area contributed by atoms with Crippen LogP contribution in [0.3, 0.4) is 0 Å². The summed E-state index contributed by atoms with van der Waals surface area (Å²) in [6, 6.07) is 25.0. The number of carbonyl (C=O) groups excluding carboxylic acids is 4. The van der Waals surface area contributed by atoms with Crippen LogP contribution < -0.4 is 15.0 Å². The van der Waals surface area contributed by atoms with Crippen molar-refractivity contribution in [3.8, 4) is 5.75 Å². The minimum absolute atomic E-state index is 0.0537. The van der Waals surface area contributed by atoms with Gasteiger partial charge in [0.1, 0.15) is 11.9 Å². The number of amides is 3. The highest BCUT2D eigenvalue weighted by Crippen LogP contribution is 2.38. The molecule has 1 unspecified atom stereocenters. The van der Waals surface area contributed by atoms with Crippen LogP contribution in [0.1, 0.15) is 66.7 Å². The summed E-state index contributed by atoms with van der Waals surface area (Å²) in [5, 5.41) is 3.41. The number of nitrogens with one attached hydrogen (secondary N) is 1. The lowest BCUT2D eigenvalue weighted by atomic mass is 10.0. The Morgan fingerprint density at radius 2 is 1.55 bits per heavy atom. The normalized spacial score (nSPS) is 16.1. The summed E-state index contributed by atoms with van der Waals surface area (Å²) in [6.07, 6.45) is 0.545. The van der Waals surface area contributed by atoms with E-state index in [-0.39, 0.29) is 30.2 Å². The van der Waals surface area contributed by atoms with Gasteiger partial charge in [0, 0.05) is 65.7 Å². The second-order valence-electron chi connectivity index (χ2n) is 12.9. The summed E-state index contributed by atoms with van der Waals surface area (Å²) in [5.41, 5.74) is 5.19. The second kappa shape index (κ2) is 15.8. The van der Waals surface area contributed by atoms with E-state index < -0.39 is 6.10 Å². The Balaban J connectivity index is 1.09. The SMILES string of the molecule is COc1ccc(C(=O)N2CCN(CC(=O)OC3CCCN(C(=O)c4ccc(NC(=O)c5ccccc5C)cc4C)c4ccc(Cl)cc43)CC2)cc1. The fourth-order valence-electron chi connectivity index (χ4n) is 6.63. The number of rotatable bonds is 8. The molecular formula is C40H41ClN4O6. The fraction of sp³-hybridized carbons (Fsp3) is 0.300. The molecule has 264 valence electrons. The minimum Gasteiger partial charge on any atom is -0.497 e. The number of halogens is 1. The van der Waals surface area contributed by atoms with Gasteiger partial charge in [0.2, 0.25) is 0 Å². The minimum atomic E-state index is -0.581. The summed E-state index contributed by atoms with van der Waals surface area (Å²) in [7, 11) is 1.58. The van der Waals surface area contributed by atoms with Crippen molar-refractivity contribution in [1.29, 1.82) is 0 Å². The third-order valence-electron chi connectivity index (χ3n) is 9.45. The van der Waals surface area contributed by atoms with E-state index in [0.29, 0.717) is 90.0 Å². The number of anilines is 2. The largest absolute Gasteiger partial charge is 0.497 e. The Hall–Kier alpha value is -5.19. The highest BCUT2D eigenvalue weighted by Gasteiger charge is 2.31. The summed E-state index contributed by atoms with van der Waals surface area (Å²) >= 11 is 6.44. The zero-order chi connectivity index (χ0) is 36.1. The lowest BCUT2D eigenvalue weighted by Crippen LogP contribution is -2.50. The number of piperazine rings is 1. The van der Waals surface area contributed by atoms with Gasteiger partial charge in [-0.3, -0.25) is 24.1 Å². The molecule has 1 fully saturated rings. The number of aryl methyl sites for hydroxylation is 2. The molecule has 0 bridgehead atoms. The van der Waals surface area contributed by atoms with Crippen LogP contribution in [-0.2, 0) is 9.53 Å². The third-order valence-corrected chi connectivity index (χ3v) is 9.68. The van der Waals surface area contributed by atoms with E-state index in [9.17, 15) is 19.2 Å². The van der Waals surface area contributed by atoms with Crippen LogP contribution in [0.25, 0.3) is 0 Å². The summed E-state index contributed by atoms with van der Waals surface area (Å²) < 4.78 is 11.3. The van der Waals surface area contributed by atoms with Gasteiger partial charge in [-0.1, -0.05) is 29.8 Å². The first-order chi connectivity index (χ1) is 24.6. The molecule has 51 heavy (non-hydrogen) atoms. The topological polar surface area (TPSA) is 108 Å². The number of carbonyl (C=O) groups is 4. The lowest BCUT2D eigenvalue weighted by Gasteiger charge is -2.34. The number of methoxy groups -OCH3 is 1. The molecule has 0 saturated carbocycles. The molecule has 3 amide bonds. The third kappa shape index (κ3) is 8.24. The molecule has 2 heterocycles. The van der Waals surface area contributed by atoms with Crippen molar-refractivity contribution in [3.05, 3.63) is 123 Å². The smallest absolute Gasteiger partial charge is 0.320 e. The van der Waals surface area contributed by atoms with Gasteiger partial charge >= 0.3 is 5.97 Å². The van der Waals surface area contributed by atoms with Crippen molar-refractivity contribution in [1.82, 2.24) is 9.80 Å². The van der Waals surface area contributed by atoms with E-state index in [1.807, 2.05) is 36.9 Å². The predicted octanol–water partition coefficient (Wildman–Crippen LogP) is 6.70. The van der Waals surface area contributed by atoms with Crippen LogP contribution in [0.2, 0.25) is 5.02 Å². The molecule has 0 radical (unpaired) electrons. The maximum absolute atomic E-state index is 14.1. The highest BCUT2D eigenvalue weighted by molar-refractivity contribution is 6.30. The molecular weight excluding hydrogens is 668 g/mol. The van der Waals surface area contributed by atoms with Gasteiger partial charge in [0.25, 0.3) is 17.7 Å². The Labute approximate surface area is 302 Å². The zero-order valence-electron chi connectivity index (χ0n) is 29.0. The highest BCUT2D eigenvalue weighted by atomic mass is 35.5. The first-order valence-corrected chi connectivity index (χ1v) is 17.4. The van der Waals surface area contributed by atoms with E-state index in [1.165, 1.54) is 0 Å². The molecule has 0 aromatic heterocycles. The fourth-order valence-corrected chi connectivity index (χ4v) is 6.81. The molecule has 0 spiro atoms. The molecule has 1 N–H and O–H groups in total. The number of hydrogen-bond donors (Lipinski definition) is 1. The van der Waals surface area contributed by atoms with Gasteiger partial charge in [-0.2, -0.15) is 0 Å². The van der Waals surface area contributed by atoms with Crippen LogP contribution in [0.5, 0.6) is 5.75 Å². The van der Waals surface area contributed by atoms with Crippen molar-refractivity contribution in [2.24, 2.45) is 0 Å². The van der Waals surface area contributed by atoms with Gasteiger partial charge in [-0.25, -0.2) is 0 Å². The zero-order valence-corrected chi connectivity index (χ0v) is 29.7. The summed E-state index contributed by atoms with van der Waals surface area (Å²) in [5.74, 6) is -0.147. The molecule has 1 atom stereocenters. The van der Waals surface area contributed by atoms with E-state index in [0.717, 1.165) is 11.1 Å². The number of fused-ring (bicyclic) bond motifs is 1. The molecule has 0 aliphatic carbocycles. The molecule has 2 aliphatic heterocycles. The molecule has 6 rings (SSSR count). The molecule has 2 aliphatic rings. The maximum atomic E-state index is 14.1. The standard InChI is InChI=1S/C40H41ClN4O6/c1-26-7-4-5-8-32(26)38(47)42-30-13-16-33(27(2)23-30)40(49)45-18-6-9-36(34-24-29(41)12-17-35(34)45)51-37(46)25-43-19-21-44(22-20-43)39(48)28-10-14-31(50-3)15-11-28/h4-5,7-8,10-17,23-24,36H,6,9,18-22,25H2,1-3H3,(H,42,47). The monoisotopic (exact) mass is 708 g/mol. The van der Waals surface area contributed by atoms with Crippen molar-refractivity contribution < 1.29 is 28.7 Å². The number of esters is 1. The molecule has 1 saturated heterocycles. The van der Waals surface area contributed by atoms with Crippen molar-refractivity contribution in [3.63, 3.8) is 0 Å². The molecule has 11 heteroatoms. The Morgan fingerprint density at radius 3 is 2.25 bits per heavy atom. The van der Waals surface area contributed by atoms with Crippen LogP contribution in [0.4, 0.5) is 11.4 Å². The average molecular weight is 709 g/mol. The van der Waals surface area contributed by atoms with Gasteiger partial charge in [0.05, 0.1) is 19.3 Å². The summed E-state index contributed by atoms with van der Waals surface area (Å²) in [4.78, 5) is 58.7. The Bertz CT molecular complexity index is 1940. The second-order valence-corrected chi connectivity index (χ2v) is 13.3. The van der Waals surface area contributed by atoms with Gasteiger partial charge in [0.15, 0.2) is 0 Å². The summed E-state index contributed by atoms with van der Waals surface area (Å²) in [6.45, 7) is 6.32. The Kier molecular flexibility index (Phi) is 11.0. The van der Waals surface area contributed by atoms with Crippen molar-refractivity contribution in [2.45, 2.75) is 32.8 Å². The first kappa shape index (κ1) is 35.6. The van der Waals surface area contributed by atoms with E-state index in [2.05, 4.69) is 5.32 Å².